The summed E-state index contributed by atoms with van der Waals surface area (Å²) in [6.45, 7) is 0. The van der Waals surface area contributed by atoms with Gasteiger partial charge in [-0.05, 0) is 36.4 Å². The molecule has 2 aromatic carbocycles. The Hall–Kier alpha value is -3.33. The molecule has 150 valence electrons. The Morgan fingerprint density at radius 2 is 1.97 bits per heavy atom. The van der Waals surface area contributed by atoms with Crippen molar-refractivity contribution in [3.05, 3.63) is 54.1 Å². The molecule has 1 aliphatic rings. The maximum Gasteiger partial charge on any atom is 0.335 e. The Kier molecular flexibility index (Phi) is 6.18. The summed E-state index contributed by atoms with van der Waals surface area (Å²) in [5.41, 5.74) is 1.24. The van der Waals surface area contributed by atoms with Crippen LogP contribution in [-0.2, 0) is 9.59 Å². The van der Waals surface area contributed by atoms with Crippen LogP contribution in [0.25, 0.3) is 0 Å². The van der Waals surface area contributed by atoms with E-state index in [0.717, 1.165) is 0 Å². The first kappa shape index (κ1) is 20.4. The van der Waals surface area contributed by atoms with Crippen LogP contribution < -0.4 is 10.1 Å². The van der Waals surface area contributed by atoms with E-state index in [1.807, 2.05) is 0 Å². The van der Waals surface area contributed by atoms with Crippen LogP contribution in [-0.4, -0.2) is 52.4 Å². The lowest BCUT2D eigenvalue weighted by molar-refractivity contribution is -0.127. The number of carboxylic acid groups (broad SMARTS) is 1. The minimum atomic E-state index is -1.04. The number of carboxylic acids is 1. The predicted molar refractivity (Wildman–Crippen MR) is 111 cm³/mol. The lowest BCUT2D eigenvalue weighted by atomic mass is 10.2. The number of hydrogen-bond acceptors (Lipinski definition) is 6. The Balaban J connectivity index is 1.65. The monoisotopic (exact) mass is 413 g/mol. The van der Waals surface area contributed by atoms with Crippen LogP contribution in [0.1, 0.15) is 16.8 Å². The van der Waals surface area contributed by atoms with E-state index in [0.29, 0.717) is 22.3 Å². The van der Waals surface area contributed by atoms with E-state index >= 15 is 0 Å². The van der Waals surface area contributed by atoms with Crippen LogP contribution in [0, 0.1) is 0 Å². The highest BCUT2D eigenvalue weighted by Crippen LogP contribution is 2.31. The molecule has 2 N–H and O–H groups in total. The number of nitrogens with zero attached hydrogens (tertiary/aromatic N) is 2. The Morgan fingerprint density at radius 3 is 2.62 bits per heavy atom. The molecular weight excluding hydrogens is 394 g/mol. The van der Waals surface area contributed by atoms with Crippen molar-refractivity contribution in [1.82, 2.24) is 4.90 Å². The van der Waals surface area contributed by atoms with Gasteiger partial charge in [-0.15, -0.1) is 0 Å². The topological polar surface area (TPSA) is 108 Å². The molecule has 0 unspecified atom stereocenters. The summed E-state index contributed by atoms with van der Waals surface area (Å²) in [6, 6.07) is 13.0. The SMILES string of the molecule is COc1cccc(N=C2S[C@@H](CC(=O)Nc3ccc(C(=O)O)cc3)C(=O)N2C)c1. The number of amides is 2. The summed E-state index contributed by atoms with van der Waals surface area (Å²) in [4.78, 5) is 41.6. The first-order chi connectivity index (χ1) is 13.9. The first-order valence-electron chi connectivity index (χ1n) is 8.67. The molecule has 0 aliphatic carbocycles. The molecule has 2 amide bonds. The largest absolute Gasteiger partial charge is 0.497 e. The van der Waals surface area contributed by atoms with Gasteiger partial charge in [0.2, 0.25) is 11.8 Å². The molecule has 1 saturated heterocycles. The number of rotatable bonds is 6. The molecule has 1 fully saturated rings. The van der Waals surface area contributed by atoms with E-state index in [1.54, 1.807) is 38.4 Å². The number of benzene rings is 2. The van der Waals surface area contributed by atoms with Gasteiger partial charge in [-0.2, -0.15) is 0 Å². The molecule has 1 atom stereocenters. The van der Waals surface area contributed by atoms with Crippen molar-refractivity contribution in [2.75, 3.05) is 19.5 Å². The number of nitrogens with one attached hydrogen (secondary N) is 1. The Labute approximate surface area is 171 Å². The molecule has 3 rings (SSSR count). The number of aromatic carboxylic acids is 1. The highest BCUT2D eigenvalue weighted by Gasteiger charge is 2.37. The van der Waals surface area contributed by atoms with Crippen molar-refractivity contribution >= 4 is 46.1 Å². The molecular formula is C20H19N3O5S. The van der Waals surface area contributed by atoms with Gasteiger partial charge in [-0.3, -0.25) is 14.5 Å². The predicted octanol–water partition coefficient (Wildman–Crippen LogP) is 2.98. The number of anilines is 1. The van der Waals surface area contributed by atoms with Crippen molar-refractivity contribution in [3.63, 3.8) is 0 Å². The van der Waals surface area contributed by atoms with Crippen molar-refractivity contribution in [2.45, 2.75) is 11.7 Å². The summed E-state index contributed by atoms with van der Waals surface area (Å²) in [7, 11) is 3.19. The molecule has 29 heavy (non-hydrogen) atoms. The van der Waals surface area contributed by atoms with Gasteiger partial charge < -0.3 is 15.2 Å². The fourth-order valence-electron chi connectivity index (χ4n) is 2.66. The number of ether oxygens (including phenoxy) is 1. The molecule has 9 heteroatoms. The highest BCUT2D eigenvalue weighted by atomic mass is 32.2. The molecule has 0 bridgehead atoms. The standard InChI is InChI=1S/C20H19N3O5S/c1-23-18(25)16(29-20(23)22-14-4-3-5-15(10-14)28-2)11-17(24)21-13-8-6-12(7-9-13)19(26)27/h3-10,16H,11H2,1-2H3,(H,21,24)(H,26,27)/t16-/m0/s1. The third-order valence-corrected chi connectivity index (χ3v) is 5.43. The lowest BCUT2D eigenvalue weighted by Crippen LogP contribution is -2.30. The Bertz CT molecular complexity index is 974. The van der Waals surface area contributed by atoms with E-state index in [2.05, 4.69) is 10.3 Å². The molecule has 8 nitrogen and oxygen atoms in total. The van der Waals surface area contributed by atoms with Gasteiger partial charge in [0.05, 0.1) is 18.4 Å². The maximum absolute atomic E-state index is 12.5. The van der Waals surface area contributed by atoms with Gasteiger partial charge >= 0.3 is 5.97 Å². The van der Waals surface area contributed by atoms with E-state index in [-0.39, 0.29) is 23.8 Å². The number of amidine groups is 1. The molecule has 0 saturated carbocycles. The summed E-state index contributed by atoms with van der Waals surface area (Å²) in [5.74, 6) is -0.918. The third kappa shape index (κ3) is 4.94. The van der Waals surface area contributed by atoms with Crippen molar-refractivity contribution in [1.29, 1.82) is 0 Å². The molecule has 2 aromatic rings. The number of carbonyl (C=O) groups excluding carboxylic acids is 2. The molecule has 0 aromatic heterocycles. The van der Waals surface area contributed by atoms with Gasteiger partial charge in [-0.1, -0.05) is 17.8 Å². The second-order valence-corrected chi connectivity index (χ2v) is 7.40. The maximum atomic E-state index is 12.5. The second kappa shape index (κ2) is 8.78. The number of hydrogen-bond donors (Lipinski definition) is 2. The van der Waals surface area contributed by atoms with Crippen molar-refractivity contribution in [2.24, 2.45) is 4.99 Å². The normalized spacial score (nSPS) is 17.4. The smallest absolute Gasteiger partial charge is 0.335 e. The number of thioether (sulfide) groups is 1. The third-order valence-electron chi connectivity index (χ3n) is 4.21. The quantitative estimate of drug-likeness (QED) is 0.754. The van der Waals surface area contributed by atoms with Gasteiger partial charge in [0.25, 0.3) is 0 Å². The van der Waals surface area contributed by atoms with Crippen LogP contribution in [0.3, 0.4) is 0 Å². The summed E-state index contributed by atoms with van der Waals surface area (Å²) in [6.07, 6.45) is -0.0222. The van der Waals surface area contributed by atoms with Gasteiger partial charge in [-0.25, -0.2) is 9.79 Å². The van der Waals surface area contributed by atoms with Gasteiger partial charge in [0, 0.05) is 25.2 Å². The van der Waals surface area contributed by atoms with Crippen LogP contribution in [0.5, 0.6) is 5.75 Å². The highest BCUT2D eigenvalue weighted by molar-refractivity contribution is 8.15. The molecule has 1 heterocycles. The van der Waals surface area contributed by atoms with Crippen LogP contribution in [0.2, 0.25) is 0 Å². The zero-order chi connectivity index (χ0) is 21.0. The molecule has 0 spiro atoms. The van der Waals surface area contributed by atoms with E-state index in [9.17, 15) is 14.4 Å². The first-order valence-corrected chi connectivity index (χ1v) is 9.55. The average molecular weight is 413 g/mol. The zero-order valence-electron chi connectivity index (χ0n) is 15.8. The summed E-state index contributed by atoms with van der Waals surface area (Å²) >= 11 is 1.23. The minimum absolute atomic E-state index is 0.0222. The zero-order valence-corrected chi connectivity index (χ0v) is 16.6. The average Bonchev–Trinajstić information content (AvgIpc) is 2.96. The van der Waals surface area contributed by atoms with Gasteiger partial charge in [0.15, 0.2) is 5.17 Å². The van der Waals surface area contributed by atoms with Gasteiger partial charge in [0.1, 0.15) is 11.0 Å². The van der Waals surface area contributed by atoms with Crippen molar-refractivity contribution in [3.8, 4) is 5.75 Å². The number of carbonyl (C=O) groups is 3. The number of methoxy groups -OCH3 is 1. The number of aliphatic imine (C=N–C) groups is 1. The lowest BCUT2D eigenvalue weighted by Gasteiger charge is -2.09. The van der Waals surface area contributed by atoms with E-state index < -0.39 is 11.2 Å². The second-order valence-electron chi connectivity index (χ2n) is 6.23. The Morgan fingerprint density at radius 1 is 1.24 bits per heavy atom. The minimum Gasteiger partial charge on any atom is -0.497 e. The van der Waals surface area contributed by atoms with E-state index in [1.165, 1.54) is 40.9 Å². The molecule has 0 radical (unpaired) electrons. The summed E-state index contributed by atoms with van der Waals surface area (Å²) in [5, 5.41) is 11.5. The van der Waals surface area contributed by atoms with Crippen LogP contribution in [0.15, 0.2) is 53.5 Å². The molecule has 1 aliphatic heterocycles. The van der Waals surface area contributed by atoms with Crippen LogP contribution in [0.4, 0.5) is 11.4 Å². The summed E-state index contributed by atoms with van der Waals surface area (Å²) < 4.78 is 5.18. The van der Waals surface area contributed by atoms with E-state index in [4.69, 9.17) is 9.84 Å². The van der Waals surface area contributed by atoms with Crippen molar-refractivity contribution < 1.29 is 24.2 Å². The fraction of sp³-hybridized carbons (Fsp3) is 0.200. The van der Waals surface area contributed by atoms with Crippen LogP contribution >= 0.6 is 11.8 Å². The fourth-order valence-corrected chi connectivity index (χ4v) is 3.82.